The van der Waals surface area contributed by atoms with Crippen LogP contribution < -0.4 is 5.32 Å². The summed E-state index contributed by atoms with van der Waals surface area (Å²) in [5.74, 6) is 0.832. The first-order valence-corrected chi connectivity index (χ1v) is 9.17. The minimum atomic E-state index is 0.00598. The highest BCUT2D eigenvalue weighted by atomic mass is 79.9. The predicted molar refractivity (Wildman–Crippen MR) is 92.3 cm³/mol. The van der Waals surface area contributed by atoms with Crippen molar-refractivity contribution in [1.82, 2.24) is 20.3 Å². The van der Waals surface area contributed by atoms with Gasteiger partial charge in [-0.1, -0.05) is 5.16 Å². The van der Waals surface area contributed by atoms with E-state index in [1.54, 1.807) is 11.3 Å². The van der Waals surface area contributed by atoms with Crippen molar-refractivity contribution in [2.45, 2.75) is 20.0 Å². The molecule has 3 rings (SSSR count). The van der Waals surface area contributed by atoms with Gasteiger partial charge in [0.1, 0.15) is 5.76 Å². The fourth-order valence-corrected chi connectivity index (χ4v) is 3.94. The van der Waals surface area contributed by atoms with E-state index in [0.717, 1.165) is 53.5 Å². The molecule has 1 N–H and O–H groups in total. The number of rotatable bonds is 4. The highest BCUT2D eigenvalue weighted by Gasteiger charge is 2.21. The molecule has 8 heteroatoms. The topological polar surface area (TPSA) is 61.6 Å². The number of amides is 2. The molecule has 0 bridgehead atoms. The van der Waals surface area contributed by atoms with Crippen LogP contribution in [0.25, 0.3) is 0 Å². The van der Waals surface area contributed by atoms with E-state index in [9.17, 15) is 4.79 Å². The lowest BCUT2D eigenvalue weighted by molar-refractivity contribution is 0.133. The first kappa shape index (κ1) is 16.5. The van der Waals surface area contributed by atoms with Crippen molar-refractivity contribution in [1.29, 1.82) is 0 Å². The number of urea groups is 1. The smallest absolute Gasteiger partial charge is 0.317 e. The Morgan fingerprint density at radius 3 is 2.78 bits per heavy atom. The van der Waals surface area contributed by atoms with Gasteiger partial charge in [0.15, 0.2) is 0 Å². The Kier molecular flexibility index (Phi) is 5.34. The van der Waals surface area contributed by atoms with Gasteiger partial charge >= 0.3 is 6.03 Å². The Hall–Kier alpha value is -1.38. The molecule has 2 amide bonds. The molecule has 0 aliphatic carbocycles. The van der Waals surface area contributed by atoms with Crippen LogP contribution in [0, 0.1) is 6.92 Å². The number of hydrogen-bond donors (Lipinski definition) is 1. The van der Waals surface area contributed by atoms with Crippen molar-refractivity contribution in [2.75, 3.05) is 26.2 Å². The summed E-state index contributed by atoms with van der Waals surface area (Å²) >= 11 is 5.06. The summed E-state index contributed by atoms with van der Waals surface area (Å²) in [6.07, 6.45) is 0. The van der Waals surface area contributed by atoms with Gasteiger partial charge in [-0.25, -0.2) is 4.79 Å². The summed E-state index contributed by atoms with van der Waals surface area (Å²) in [5, 5.41) is 9.02. The fourth-order valence-electron chi connectivity index (χ4n) is 2.55. The number of aromatic nitrogens is 1. The monoisotopic (exact) mass is 398 g/mol. The third-order valence-corrected chi connectivity index (χ3v) is 5.46. The van der Waals surface area contributed by atoms with Gasteiger partial charge in [-0.3, -0.25) is 4.90 Å². The van der Waals surface area contributed by atoms with E-state index in [-0.39, 0.29) is 6.03 Å². The van der Waals surface area contributed by atoms with Crippen molar-refractivity contribution in [2.24, 2.45) is 0 Å². The Balaban J connectivity index is 1.42. The molecule has 3 heterocycles. The molecule has 0 saturated carbocycles. The zero-order valence-corrected chi connectivity index (χ0v) is 15.3. The number of nitrogens with one attached hydrogen (secondary N) is 1. The minimum Gasteiger partial charge on any atom is -0.361 e. The van der Waals surface area contributed by atoms with Gasteiger partial charge in [-0.15, -0.1) is 11.3 Å². The highest BCUT2D eigenvalue weighted by molar-refractivity contribution is 9.10. The van der Waals surface area contributed by atoms with Gasteiger partial charge in [0.25, 0.3) is 0 Å². The molecule has 0 aromatic carbocycles. The molecular formula is C15H19BrN4O2S. The van der Waals surface area contributed by atoms with Gasteiger partial charge in [0, 0.05) is 53.5 Å². The van der Waals surface area contributed by atoms with Crippen LogP contribution in [0.4, 0.5) is 4.79 Å². The van der Waals surface area contributed by atoms with E-state index in [2.05, 4.69) is 31.3 Å². The summed E-state index contributed by atoms with van der Waals surface area (Å²) in [4.78, 5) is 17.5. The molecule has 0 spiro atoms. The first-order valence-electron chi connectivity index (χ1n) is 7.50. The van der Waals surface area contributed by atoms with Crippen LogP contribution in [0.5, 0.6) is 0 Å². The number of halogens is 1. The van der Waals surface area contributed by atoms with Crippen LogP contribution in [0.3, 0.4) is 0 Å². The minimum absolute atomic E-state index is 0.00598. The van der Waals surface area contributed by atoms with E-state index in [1.165, 1.54) is 0 Å². The van der Waals surface area contributed by atoms with Crippen molar-refractivity contribution >= 4 is 33.3 Å². The van der Waals surface area contributed by atoms with Gasteiger partial charge < -0.3 is 14.7 Å². The molecule has 1 aliphatic heterocycles. The molecule has 1 fully saturated rings. The fraction of sp³-hybridized carbons (Fsp3) is 0.467. The van der Waals surface area contributed by atoms with E-state index in [1.807, 2.05) is 29.3 Å². The normalized spacial score (nSPS) is 15.8. The SMILES string of the molecule is Cc1cc(CN2CCN(C(=O)NCc3cc(Br)cs3)CC2)no1. The van der Waals surface area contributed by atoms with Crippen LogP contribution in [0.2, 0.25) is 0 Å². The summed E-state index contributed by atoms with van der Waals surface area (Å²) in [7, 11) is 0. The Morgan fingerprint density at radius 1 is 1.39 bits per heavy atom. The van der Waals surface area contributed by atoms with Gasteiger partial charge in [0.05, 0.1) is 12.2 Å². The summed E-state index contributed by atoms with van der Waals surface area (Å²) < 4.78 is 6.15. The number of carbonyl (C=O) groups excluding carboxylic acids is 1. The lowest BCUT2D eigenvalue weighted by Gasteiger charge is -2.34. The zero-order valence-electron chi connectivity index (χ0n) is 12.9. The van der Waals surface area contributed by atoms with Crippen LogP contribution in [-0.4, -0.2) is 47.2 Å². The summed E-state index contributed by atoms with van der Waals surface area (Å²) in [6.45, 7) is 6.41. The molecule has 2 aromatic heterocycles. The largest absolute Gasteiger partial charge is 0.361 e. The second kappa shape index (κ2) is 7.46. The number of hydrogen-bond acceptors (Lipinski definition) is 5. The average molecular weight is 399 g/mol. The number of carbonyl (C=O) groups is 1. The second-order valence-electron chi connectivity index (χ2n) is 5.58. The van der Waals surface area contributed by atoms with Crippen molar-refractivity contribution in [3.63, 3.8) is 0 Å². The lowest BCUT2D eigenvalue weighted by atomic mass is 10.3. The number of piperazine rings is 1. The van der Waals surface area contributed by atoms with Crippen LogP contribution in [-0.2, 0) is 13.1 Å². The standard InChI is InChI=1S/C15H19BrN4O2S/c1-11-6-13(18-22-11)9-19-2-4-20(5-3-19)15(21)17-8-14-7-12(16)10-23-14/h6-7,10H,2-5,8-9H2,1H3,(H,17,21). The molecule has 0 radical (unpaired) electrons. The molecule has 1 saturated heterocycles. The molecule has 0 unspecified atom stereocenters. The van der Waals surface area contributed by atoms with Crippen molar-refractivity contribution in [3.8, 4) is 0 Å². The first-order chi connectivity index (χ1) is 11.1. The molecule has 1 aliphatic rings. The van der Waals surface area contributed by atoms with Crippen molar-refractivity contribution in [3.05, 3.63) is 38.3 Å². The Labute approximate surface area is 147 Å². The summed E-state index contributed by atoms with van der Waals surface area (Å²) in [6, 6.07) is 3.99. The number of thiophene rings is 1. The average Bonchev–Trinajstić information content (AvgIpc) is 3.14. The van der Waals surface area contributed by atoms with Crippen LogP contribution in [0.1, 0.15) is 16.3 Å². The third kappa shape index (κ3) is 4.55. The zero-order chi connectivity index (χ0) is 16.2. The maximum Gasteiger partial charge on any atom is 0.317 e. The van der Waals surface area contributed by atoms with E-state index in [4.69, 9.17) is 4.52 Å². The maximum absolute atomic E-state index is 12.2. The molecule has 6 nitrogen and oxygen atoms in total. The lowest BCUT2D eigenvalue weighted by Crippen LogP contribution is -2.51. The van der Waals surface area contributed by atoms with Gasteiger partial charge in [0.2, 0.25) is 0 Å². The third-order valence-electron chi connectivity index (χ3n) is 3.76. The molecule has 0 atom stereocenters. The Morgan fingerprint density at radius 2 is 2.17 bits per heavy atom. The van der Waals surface area contributed by atoms with Gasteiger partial charge in [-0.2, -0.15) is 0 Å². The quantitative estimate of drug-likeness (QED) is 0.859. The van der Waals surface area contributed by atoms with Crippen LogP contribution in [0.15, 0.2) is 26.5 Å². The highest BCUT2D eigenvalue weighted by Crippen LogP contribution is 2.19. The number of aryl methyl sites for hydroxylation is 1. The van der Waals surface area contributed by atoms with Gasteiger partial charge in [-0.05, 0) is 28.9 Å². The number of nitrogens with zero attached hydrogens (tertiary/aromatic N) is 3. The van der Waals surface area contributed by atoms with E-state index in [0.29, 0.717) is 6.54 Å². The second-order valence-corrected chi connectivity index (χ2v) is 7.49. The predicted octanol–water partition coefficient (Wildman–Crippen LogP) is 2.83. The van der Waals surface area contributed by atoms with E-state index >= 15 is 0 Å². The summed E-state index contributed by atoms with van der Waals surface area (Å²) in [5.41, 5.74) is 0.948. The molecule has 124 valence electrons. The van der Waals surface area contributed by atoms with Crippen LogP contribution >= 0.6 is 27.3 Å². The molecular weight excluding hydrogens is 380 g/mol. The molecule has 2 aromatic rings. The van der Waals surface area contributed by atoms with Crippen molar-refractivity contribution < 1.29 is 9.32 Å². The Bertz CT molecular complexity index is 664. The van der Waals surface area contributed by atoms with E-state index < -0.39 is 0 Å². The maximum atomic E-state index is 12.2. The molecule has 23 heavy (non-hydrogen) atoms.